The van der Waals surface area contributed by atoms with E-state index in [2.05, 4.69) is 21.2 Å². The number of benzene rings is 2. The van der Waals surface area contributed by atoms with E-state index in [4.69, 9.17) is 0 Å². The van der Waals surface area contributed by atoms with Crippen molar-refractivity contribution in [3.63, 3.8) is 0 Å². The lowest BCUT2D eigenvalue weighted by molar-refractivity contribution is 0.794. The highest BCUT2D eigenvalue weighted by Crippen LogP contribution is 2.34. The molecule has 2 aromatic heterocycles. The Morgan fingerprint density at radius 2 is 1.73 bits per heavy atom. The maximum absolute atomic E-state index is 4.63. The topological polar surface area (TPSA) is 43.6 Å². The molecule has 0 aliphatic carbocycles. The summed E-state index contributed by atoms with van der Waals surface area (Å²) in [5.41, 5.74) is 2.09. The minimum Gasteiger partial charge on any atom is -0.305 e. The summed E-state index contributed by atoms with van der Waals surface area (Å²) in [4.78, 5) is 4.63. The Morgan fingerprint density at radius 1 is 0.955 bits per heavy atom. The summed E-state index contributed by atoms with van der Waals surface area (Å²) >= 11 is 3.23. The van der Waals surface area contributed by atoms with Gasteiger partial charge in [-0.05, 0) is 23.9 Å². The largest absolute Gasteiger partial charge is 0.305 e. The van der Waals surface area contributed by atoms with Crippen molar-refractivity contribution < 1.29 is 0 Å². The van der Waals surface area contributed by atoms with Crippen LogP contribution < -0.4 is 0 Å². The molecule has 0 aliphatic heterocycles. The quantitative estimate of drug-likeness (QED) is 0.565. The molecule has 2 aromatic carbocycles. The van der Waals surface area contributed by atoms with Gasteiger partial charge in [-0.25, -0.2) is 4.98 Å². The van der Waals surface area contributed by atoms with Gasteiger partial charge in [0.25, 0.3) is 0 Å². The molecule has 0 atom stereocenters. The molecule has 0 spiro atoms. The van der Waals surface area contributed by atoms with Gasteiger partial charge >= 0.3 is 0 Å². The first-order valence-corrected chi connectivity index (χ1v) is 8.43. The van der Waals surface area contributed by atoms with Crippen LogP contribution in [-0.2, 0) is 7.05 Å². The molecule has 22 heavy (non-hydrogen) atoms. The highest BCUT2D eigenvalue weighted by Gasteiger charge is 2.13. The van der Waals surface area contributed by atoms with Crippen LogP contribution >= 0.6 is 23.1 Å². The molecule has 2 heterocycles. The first-order valence-electron chi connectivity index (χ1n) is 6.79. The van der Waals surface area contributed by atoms with Gasteiger partial charge < -0.3 is 4.57 Å². The molecule has 0 bridgehead atoms. The standard InChI is InChI=1S/C16H12N4S2/c1-20-14(11-7-3-2-4-8-11)18-19-15(20)22-16-17-12-9-5-6-10-13(12)21-16/h2-10H,1H3. The van der Waals surface area contributed by atoms with Gasteiger partial charge in [0.05, 0.1) is 10.2 Å². The maximum Gasteiger partial charge on any atom is 0.198 e. The number of aromatic nitrogens is 4. The SMILES string of the molecule is Cn1c(Sc2nc3ccccc3s2)nnc1-c1ccccc1. The van der Waals surface area contributed by atoms with E-state index in [1.54, 1.807) is 23.1 Å². The molecule has 0 saturated carbocycles. The number of thiazole rings is 1. The number of para-hydroxylation sites is 1. The van der Waals surface area contributed by atoms with Crippen LogP contribution in [0.5, 0.6) is 0 Å². The molecule has 6 heteroatoms. The number of hydrogen-bond donors (Lipinski definition) is 0. The lowest BCUT2D eigenvalue weighted by Gasteiger charge is -2.02. The minimum atomic E-state index is 0.845. The van der Waals surface area contributed by atoms with E-state index in [0.29, 0.717) is 0 Å². The van der Waals surface area contributed by atoms with Crippen molar-refractivity contribution in [3.8, 4) is 11.4 Å². The zero-order chi connectivity index (χ0) is 14.9. The van der Waals surface area contributed by atoms with Gasteiger partial charge in [0.2, 0.25) is 0 Å². The zero-order valence-electron chi connectivity index (χ0n) is 11.8. The molecular formula is C16H12N4S2. The van der Waals surface area contributed by atoms with Crippen LogP contribution in [0.15, 0.2) is 64.1 Å². The second-order valence-corrected chi connectivity index (χ2v) is 7.03. The van der Waals surface area contributed by atoms with Gasteiger partial charge in [0.1, 0.15) is 0 Å². The van der Waals surface area contributed by atoms with Crippen molar-refractivity contribution in [3.05, 3.63) is 54.6 Å². The maximum atomic E-state index is 4.63. The third-order valence-electron chi connectivity index (χ3n) is 3.32. The summed E-state index contributed by atoms with van der Waals surface area (Å²) in [6.07, 6.45) is 0. The molecule has 0 N–H and O–H groups in total. The fourth-order valence-electron chi connectivity index (χ4n) is 2.22. The highest BCUT2D eigenvalue weighted by molar-refractivity contribution is 8.01. The van der Waals surface area contributed by atoms with Crippen LogP contribution in [0, 0.1) is 0 Å². The fraction of sp³-hybridized carbons (Fsp3) is 0.0625. The molecule has 4 nitrogen and oxygen atoms in total. The van der Waals surface area contributed by atoms with Crippen LogP contribution in [0.1, 0.15) is 0 Å². The predicted molar refractivity (Wildman–Crippen MR) is 90.2 cm³/mol. The fourth-order valence-corrected chi connectivity index (χ4v) is 4.18. The Morgan fingerprint density at radius 3 is 2.55 bits per heavy atom. The second-order valence-electron chi connectivity index (χ2n) is 4.78. The highest BCUT2D eigenvalue weighted by atomic mass is 32.2. The van der Waals surface area contributed by atoms with Gasteiger partial charge in [-0.1, -0.05) is 42.5 Å². The Bertz CT molecular complexity index is 895. The van der Waals surface area contributed by atoms with Crippen LogP contribution in [0.2, 0.25) is 0 Å². The normalized spacial score (nSPS) is 11.1. The molecule has 108 valence electrons. The molecule has 0 radical (unpaired) electrons. The van der Waals surface area contributed by atoms with E-state index >= 15 is 0 Å². The van der Waals surface area contributed by atoms with Crippen molar-refractivity contribution in [2.45, 2.75) is 9.50 Å². The molecule has 4 aromatic rings. The summed E-state index contributed by atoms with van der Waals surface area (Å²) in [6, 6.07) is 18.2. The Labute approximate surface area is 135 Å². The van der Waals surface area contributed by atoms with E-state index in [9.17, 15) is 0 Å². The van der Waals surface area contributed by atoms with Gasteiger partial charge in [-0.3, -0.25) is 0 Å². The molecule has 0 saturated heterocycles. The Kier molecular flexibility index (Phi) is 3.40. The van der Waals surface area contributed by atoms with Gasteiger partial charge in [0.15, 0.2) is 15.3 Å². The molecule has 0 aliphatic rings. The monoisotopic (exact) mass is 324 g/mol. The summed E-state index contributed by atoms with van der Waals surface area (Å²) in [5, 5.41) is 9.45. The van der Waals surface area contributed by atoms with E-state index in [-0.39, 0.29) is 0 Å². The van der Waals surface area contributed by atoms with Crippen LogP contribution in [0.4, 0.5) is 0 Å². The Hall–Kier alpha value is -2.18. The molecule has 0 fully saturated rings. The molecule has 0 amide bonds. The Balaban J connectivity index is 1.68. The minimum absolute atomic E-state index is 0.845. The van der Waals surface area contributed by atoms with Gasteiger partial charge in [-0.15, -0.1) is 21.5 Å². The lowest BCUT2D eigenvalue weighted by Crippen LogP contribution is -1.94. The number of hydrogen-bond acceptors (Lipinski definition) is 5. The third-order valence-corrected chi connectivity index (χ3v) is 5.45. The van der Waals surface area contributed by atoms with Gasteiger partial charge in [-0.2, -0.15) is 0 Å². The van der Waals surface area contributed by atoms with Crippen LogP contribution in [0.25, 0.3) is 21.6 Å². The molecular weight excluding hydrogens is 312 g/mol. The van der Waals surface area contributed by atoms with E-state index in [1.807, 2.05) is 60.1 Å². The molecule has 4 rings (SSSR count). The van der Waals surface area contributed by atoms with Crippen LogP contribution in [0.3, 0.4) is 0 Å². The van der Waals surface area contributed by atoms with Crippen molar-refractivity contribution in [2.75, 3.05) is 0 Å². The van der Waals surface area contributed by atoms with E-state index in [0.717, 1.165) is 26.4 Å². The van der Waals surface area contributed by atoms with Crippen molar-refractivity contribution in [1.29, 1.82) is 0 Å². The first-order chi connectivity index (χ1) is 10.8. The predicted octanol–water partition coefficient (Wildman–Crippen LogP) is 4.24. The van der Waals surface area contributed by atoms with Crippen molar-refractivity contribution in [2.24, 2.45) is 7.05 Å². The number of fused-ring (bicyclic) bond motifs is 1. The second kappa shape index (κ2) is 5.55. The van der Waals surface area contributed by atoms with Gasteiger partial charge in [0, 0.05) is 12.6 Å². The molecule has 0 unspecified atom stereocenters. The average molecular weight is 324 g/mol. The lowest BCUT2D eigenvalue weighted by atomic mass is 10.2. The average Bonchev–Trinajstić information content (AvgIpc) is 3.12. The summed E-state index contributed by atoms with van der Waals surface area (Å²) < 4.78 is 4.18. The van der Waals surface area contributed by atoms with E-state index < -0.39 is 0 Å². The number of nitrogens with zero attached hydrogens (tertiary/aromatic N) is 4. The summed E-state index contributed by atoms with van der Waals surface area (Å²) in [7, 11) is 1.98. The number of rotatable bonds is 3. The van der Waals surface area contributed by atoms with Crippen LogP contribution in [-0.4, -0.2) is 19.7 Å². The van der Waals surface area contributed by atoms with Crippen molar-refractivity contribution in [1.82, 2.24) is 19.7 Å². The smallest absolute Gasteiger partial charge is 0.198 e. The van der Waals surface area contributed by atoms with Crippen molar-refractivity contribution >= 4 is 33.3 Å². The summed E-state index contributed by atoms with van der Waals surface area (Å²) in [6.45, 7) is 0. The zero-order valence-corrected chi connectivity index (χ0v) is 13.4. The first kappa shape index (κ1) is 13.5. The summed E-state index contributed by atoms with van der Waals surface area (Å²) in [5.74, 6) is 0.865. The van der Waals surface area contributed by atoms with E-state index in [1.165, 1.54) is 4.70 Å². The third kappa shape index (κ3) is 2.40.